The summed E-state index contributed by atoms with van der Waals surface area (Å²) in [5.74, 6) is 1.77. The van der Waals surface area contributed by atoms with Crippen LogP contribution in [0.5, 0.6) is 11.5 Å². The molecule has 1 N–H and O–H groups in total. The Morgan fingerprint density at radius 1 is 1.19 bits per heavy atom. The zero-order chi connectivity index (χ0) is 18.7. The SMILES string of the molecule is C[CH]CNc1nc(-c2ccc(OC)c(OC)c2)cc2ncn(C)c(=O)c12. The standard InChI is InChI=1S/C19H21N4O3/c1-5-8-20-18-17-14(21-11-23(2)19(17)24)10-13(22-18)12-6-7-15(25-3)16(9-12)26-4/h5-7,9-11H,8H2,1-4H3,(H,20,22). The molecule has 0 spiro atoms. The Morgan fingerprint density at radius 3 is 2.65 bits per heavy atom. The average Bonchev–Trinajstić information content (AvgIpc) is 2.68. The van der Waals surface area contributed by atoms with Crippen molar-refractivity contribution in [2.75, 3.05) is 26.1 Å². The molecule has 0 amide bonds. The van der Waals surface area contributed by atoms with Gasteiger partial charge in [-0.05, 0) is 30.7 Å². The number of hydrogen-bond donors (Lipinski definition) is 1. The molecular weight excluding hydrogens is 332 g/mol. The highest BCUT2D eigenvalue weighted by atomic mass is 16.5. The van der Waals surface area contributed by atoms with Gasteiger partial charge in [0.15, 0.2) is 11.5 Å². The third-order valence-electron chi connectivity index (χ3n) is 4.06. The molecule has 0 fully saturated rings. The van der Waals surface area contributed by atoms with E-state index >= 15 is 0 Å². The van der Waals surface area contributed by atoms with Crippen LogP contribution in [-0.4, -0.2) is 35.3 Å². The van der Waals surface area contributed by atoms with Crippen molar-refractivity contribution < 1.29 is 9.47 Å². The number of nitrogens with one attached hydrogen (secondary N) is 1. The minimum Gasteiger partial charge on any atom is -0.493 e. The van der Waals surface area contributed by atoms with Gasteiger partial charge in [-0.2, -0.15) is 0 Å². The van der Waals surface area contributed by atoms with Crippen molar-refractivity contribution in [2.24, 2.45) is 7.05 Å². The molecule has 0 aliphatic carbocycles. The van der Waals surface area contributed by atoms with E-state index in [0.29, 0.717) is 40.5 Å². The minimum atomic E-state index is -0.139. The zero-order valence-electron chi connectivity index (χ0n) is 15.2. The van der Waals surface area contributed by atoms with Crippen molar-refractivity contribution >= 4 is 16.7 Å². The summed E-state index contributed by atoms with van der Waals surface area (Å²) in [6, 6.07) is 7.37. The van der Waals surface area contributed by atoms with E-state index in [2.05, 4.69) is 15.3 Å². The summed E-state index contributed by atoms with van der Waals surface area (Å²) in [5.41, 5.74) is 1.99. The van der Waals surface area contributed by atoms with Gasteiger partial charge in [-0.15, -0.1) is 0 Å². The van der Waals surface area contributed by atoms with E-state index < -0.39 is 0 Å². The molecule has 3 aromatic rings. The molecule has 2 aromatic heterocycles. The van der Waals surface area contributed by atoms with Gasteiger partial charge >= 0.3 is 0 Å². The van der Waals surface area contributed by atoms with E-state index in [1.54, 1.807) is 27.3 Å². The van der Waals surface area contributed by atoms with Crippen molar-refractivity contribution in [2.45, 2.75) is 6.92 Å². The summed E-state index contributed by atoms with van der Waals surface area (Å²) >= 11 is 0. The molecule has 7 nitrogen and oxygen atoms in total. The number of anilines is 1. The Bertz CT molecular complexity index is 998. The van der Waals surface area contributed by atoms with E-state index in [9.17, 15) is 4.79 Å². The first-order valence-corrected chi connectivity index (χ1v) is 8.19. The maximum atomic E-state index is 12.5. The fraction of sp³-hybridized carbons (Fsp3) is 0.263. The highest BCUT2D eigenvalue weighted by Crippen LogP contribution is 2.33. The number of benzene rings is 1. The fourth-order valence-corrected chi connectivity index (χ4v) is 2.69. The molecule has 3 rings (SSSR count). The number of nitrogens with zero attached hydrogens (tertiary/aromatic N) is 3. The summed E-state index contributed by atoms with van der Waals surface area (Å²) in [6.45, 7) is 2.53. The van der Waals surface area contributed by atoms with Gasteiger partial charge < -0.3 is 19.4 Å². The lowest BCUT2D eigenvalue weighted by atomic mass is 10.1. The second kappa shape index (κ2) is 7.43. The predicted molar refractivity (Wildman–Crippen MR) is 102 cm³/mol. The molecule has 0 aliphatic heterocycles. The van der Waals surface area contributed by atoms with Crippen molar-refractivity contribution in [1.29, 1.82) is 0 Å². The lowest BCUT2D eigenvalue weighted by Gasteiger charge is -2.13. The maximum absolute atomic E-state index is 12.5. The van der Waals surface area contributed by atoms with E-state index in [4.69, 9.17) is 9.47 Å². The van der Waals surface area contributed by atoms with Gasteiger partial charge in [0.2, 0.25) is 0 Å². The molecule has 0 bridgehead atoms. The third kappa shape index (κ3) is 3.20. The van der Waals surface area contributed by atoms with Crippen molar-refractivity contribution in [1.82, 2.24) is 14.5 Å². The summed E-state index contributed by atoms with van der Waals surface area (Å²) in [5, 5.41) is 3.66. The van der Waals surface area contributed by atoms with Crippen LogP contribution >= 0.6 is 0 Å². The van der Waals surface area contributed by atoms with Crippen LogP contribution in [0.3, 0.4) is 0 Å². The number of aromatic nitrogens is 3. The summed E-state index contributed by atoms with van der Waals surface area (Å²) in [4.78, 5) is 21.6. The first kappa shape index (κ1) is 17.7. The number of fused-ring (bicyclic) bond motifs is 1. The lowest BCUT2D eigenvalue weighted by molar-refractivity contribution is 0.355. The van der Waals surface area contributed by atoms with Crippen molar-refractivity contribution in [3.63, 3.8) is 0 Å². The first-order chi connectivity index (χ1) is 12.6. The molecule has 0 saturated carbocycles. The molecule has 0 unspecified atom stereocenters. The molecule has 1 aromatic carbocycles. The van der Waals surface area contributed by atoms with Gasteiger partial charge in [-0.25, -0.2) is 9.97 Å². The van der Waals surface area contributed by atoms with Gasteiger partial charge in [-0.3, -0.25) is 4.79 Å². The molecule has 7 heteroatoms. The molecule has 0 atom stereocenters. The minimum absolute atomic E-state index is 0.139. The van der Waals surface area contributed by atoms with Gasteiger partial charge in [0.1, 0.15) is 11.2 Å². The summed E-state index contributed by atoms with van der Waals surface area (Å²) in [6.07, 6.45) is 3.47. The number of pyridine rings is 1. The Hall–Kier alpha value is -3.09. The normalized spacial score (nSPS) is 10.8. The Morgan fingerprint density at radius 2 is 1.96 bits per heavy atom. The third-order valence-corrected chi connectivity index (χ3v) is 4.06. The van der Waals surface area contributed by atoms with Crippen LogP contribution in [0, 0.1) is 6.42 Å². The summed E-state index contributed by atoms with van der Waals surface area (Å²) in [7, 11) is 4.85. The van der Waals surface area contributed by atoms with Crippen LogP contribution in [0.1, 0.15) is 6.92 Å². The lowest BCUT2D eigenvalue weighted by Crippen LogP contribution is -2.19. The summed E-state index contributed by atoms with van der Waals surface area (Å²) < 4.78 is 12.1. The zero-order valence-corrected chi connectivity index (χ0v) is 15.2. The number of rotatable bonds is 6. The highest BCUT2D eigenvalue weighted by molar-refractivity contribution is 5.91. The number of hydrogen-bond acceptors (Lipinski definition) is 6. The molecule has 0 saturated heterocycles. The molecular formula is C19H21N4O3. The smallest absolute Gasteiger partial charge is 0.264 e. The largest absolute Gasteiger partial charge is 0.493 e. The molecule has 26 heavy (non-hydrogen) atoms. The maximum Gasteiger partial charge on any atom is 0.264 e. The first-order valence-electron chi connectivity index (χ1n) is 8.19. The second-order valence-electron chi connectivity index (χ2n) is 5.77. The predicted octanol–water partition coefficient (Wildman–Crippen LogP) is 2.65. The van der Waals surface area contributed by atoms with Crippen LogP contribution < -0.4 is 20.3 Å². The Balaban J connectivity index is 2.21. The van der Waals surface area contributed by atoms with Crippen LogP contribution in [0.4, 0.5) is 5.82 Å². The van der Waals surface area contributed by atoms with Gasteiger partial charge in [0, 0.05) is 19.2 Å². The van der Waals surface area contributed by atoms with Gasteiger partial charge in [-0.1, -0.05) is 6.92 Å². The number of methoxy groups -OCH3 is 2. The van der Waals surface area contributed by atoms with Crippen molar-refractivity contribution in [3.8, 4) is 22.8 Å². The van der Waals surface area contributed by atoms with Crippen LogP contribution in [0.15, 0.2) is 35.4 Å². The van der Waals surface area contributed by atoms with Gasteiger partial charge in [0.25, 0.3) is 5.56 Å². The van der Waals surface area contributed by atoms with Crippen molar-refractivity contribution in [3.05, 3.63) is 47.4 Å². The molecule has 0 aliphatic rings. The van der Waals surface area contributed by atoms with E-state index in [0.717, 1.165) is 5.56 Å². The monoisotopic (exact) mass is 353 g/mol. The Labute approximate surface area is 151 Å². The molecule has 135 valence electrons. The fourth-order valence-electron chi connectivity index (χ4n) is 2.69. The topological polar surface area (TPSA) is 78.3 Å². The average molecular weight is 353 g/mol. The van der Waals surface area contributed by atoms with Crippen LogP contribution in [0.2, 0.25) is 0 Å². The quantitative estimate of drug-likeness (QED) is 0.734. The van der Waals surface area contributed by atoms with Gasteiger partial charge in [0.05, 0.1) is 31.8 Å². The van der Waals surface area contributed by atoms with E-state index in [-0.39, 0.29) is 5.56 Å². The number of ether oxygens (including phenoxy) is 2. The van der Waals surface area contributed by atoms with E-state index in [1.807, 2.05) is 31.5 Å². The molecule has 1 radical (unpaired) electrons. The van der Waals surface area contributed by atoms with E-state index in [1.165, 1.54) is 10.9 Å². The second-order valence-corrected chi connectivity index (χ2v) is 5.77. The Kier molecular flexibility index (Phi) is 5.06. The molecule has 2 heterocycles. The number of aryl methyl sites for hydroxylation is 1. The van der Waals surface area contributed by atoms with Crippen LogP contribution in [-0.2, 0) is 7.05 Å². The highest BCUT2D eigenvalue weighted by Gasteiger charge is 2.14. The van der Waals surface area contributed by atoms with Crippen LogP contribution in [0.25, 0.3) is 22.2 Å².